The van der Waals surface area contributed by atoms with Gasteiger partial charge in [0.2, 0.25) is 0 Å². The summed E-state index contributed by atoms with van der Waals surface area (Å²) in [6.07, 6.45) is 11.0. The highest BCUT2D eigenvalue weighted by Crippen LogP contribution is 2.75. The van der Waals surface area contributed by atoms with Crippen molar-refractivity contribution in [1.29, 1.82) is 0 Å². The number of hydrogen-bond acceptors (Lipinski definition) is 26. The van der Waals surface area contributed by atoms with Gasteiger partial charge in [0, 0.05) is 93.3 Å². The molecule has 14 saturated carbocycles. The van der Waals surface area contributed by atoms with Crippen LogP contribution in [-0.4, -0.2) is 155 Å². The molecule has 14 aliphatic carbocycles. The van der Waals surface area contributed by atoms with Crippen molar-refractivity contribution in [2.45, 2.75) is 291 Å². The number of unbranched alkanes of at least 4 members (excludes halogenated alkanes) is 1. The average molecular weight is 1550 g/mol. The van der Waals surface area contributed by atoms with Crippen molar-refractivity contribution in [1.82, 2.24) is 0 Å². The van der Waals surface area contributed by atoms with Crippen molar-refractivity contribution in [3.63, 3.8) is 0 Å². The van der Waals surface area contributed by atoms with E-state index in [2.05, 4.69) is 6.92 Å². The minimum absolute atomic E-state index is 0.0803. The summed E-state index contributed by atoms with van der Waals surface area (Å²) in [5.41, 5.74) is -3.28. The number of esters is 7. The highest BCUT2D eigenvalue weighted by Gasteiger charge is 2.92. The Kier molecular flexibility index (Phi) is 16.6. The average Bonchev–Trinajstić information content (AvgIpc) is 1.64. The molecule has 101 heavy (non-hydrogen) atoms. The standard InChI is InChI=1S/C67H100O26Si8/c1-9-10-11-94-82-95(61-26-40-12-47(61)19-54(40)75-33(2)68)85-98(64-29-43-15-50(64)22-57(43)78-36(5)71)87-96(83-94,62-27-41-13-48(62)20-55(41)76-34(3)69)89-100(66-31-45-17-52(66)24-59(45)80-38(7)73)90-97(84-94,63-28-42-14-49(63)21-56(42)77-35(4)70)88-99(86-95,65-30-44-16-51(65)23-58(44)79-37(6)72)92-101(91-98,93-100)67-32-46-18-53(67)25-60(46)81-39(8)74/h40-67H,9-32H2,1-8H3. The van der Waals surface area contributed by atoms with Crippen LogP contribution >= 0.6 is 0 Å². The van der Waals surface area contributed by atoms with Gasteiger partial charge in [-0.25, -0.2) is 0 Å². The minimum Gasteiger partial charge on any atom is -0.462 e. The van der Waals surface area contributed by atoms with Crippen molar-refractivity contribution in [3.8, 4) is 0 Å². The third-order valence-electron chi connectivity index (χ3n) is 29.2. The lowest BCUT2D eigenvalue weighted by Gasteiger charge is -2.68. The van der Waals surface area contributed by atoms with Crippen molar-refractivity contribution >= 4 is 112 Å². The summed E-state index contributed by atoms with van der Waals surface area (Å²) in [6, 6.07) is 0.292. The van der Waals surface area contributed by atoms with E-state index in [0.29, 0.717) is 147 Å². The summed E-state index contributed by atoms with van der Waals surface area (Å²) in [5.74, 6) is -4.11. The molecule has 0 aromatic rings. The van der Waals surface area contributed by atoms with Crippen LogP contribution in [0.25, 0.3) is 0 Å². The maximum Gasteiger partial charge on any atom is 0.482 e. The van der Waals surface area contributed by atoms with E-state index in [1.165, 1.54) is 48.5 Å². The van der Waals surface area contributed by atoms with Crippen molar-refractivity contribution in [2.75, 3.05) is 0 Å². The predicted molar refractivity (Wildman–Crippen MR) is 360 cm³/mol. The summed E-state index contributed by atoms with van der Waals surface area (Å²) in [4.78, 5) is 91.8. The van der Waals surface area contributed by atoms with Crippen molar-refractivity contribution < 1.29 is 116 Å². The Morgan fingerprint density at radius 1 is 0.238 bits per heavy atom. The molecule has 6 heterocycles. The zero-order valence-corrected chi connectivity index (χ0v) is 67.3. The smallest absolute Gasteiger partial charge is 0.462 e. The molecule has 0 aromatic heterocycles. The van der Waals surface area contributed by atoms with E-state index in [0.717, 1.165) is 6.42 Å². The minimum atomic E-state index is -4.89. The van der Waals surface area contributed by atoms with Gasteiger partial charge >= 0.3 is 112 Å². The molecule has 20 fully saturated rings. The van der Waals surface area contributed by atoms with Crippen LogP contribution in [0.4, 0.5) is 0 Å². The highest BCUT2D eigenvalue weighted by molar-refractivity contribution is 7.04. The molecule has 34 heteroatoms. The Bertz CT molecular complexity index is 3130. The van der Waals surface area contributed by atoms with Crippen LogP contribution in [0.15, 0.2) is 0 Å². The third kappa shape index (κ3) is 11.0. The molecule has 28 atom stereocenters. The molecule has 6 aliphatic heterocycles. The van der Waals surface area contributed by atoms with E-state index in [1.807, 2.05) is 0 Å². The SMILES string of the molecule is CCCC[Si]12O[Si]3(C4CC5CC4CC5OC(C)=O)O[Si]4(C5CC6CC5CC6OC(C)=O)O[Si](C5CC6CC5CC6OC(C)=O)(O1)O[Si]1(C5CC6CC5CC6OC(C)=O)O[Si](C5CC6CC5CC6OC(C)=O)(O2)O[Si](C2CC5CC2CC5OC(C)=O)(O3)O[Si](C2CC3CC2CC3OC(C)=O)(O4)O1. The molecule has 26 nitrogen and oxygen atoms in total. The van der Waals surface area contributed by atoms with E-state index in [-0.39, 0.29) is 167 Å². The van der Waals surface area contributed by atoms with Crippen LogP contribution in [0, 0.1) is 82.9 Å². The topological polar surface area (TPSA) is 295 Å². The second-order valence-electron chi connectivity index (χ2n) is 35.1. The van der Waals surface area contributed by atoms with Crippen LogP contribution in [0.3, 0.4) is 0 Å². The number of carbonyl (C=O) groups is 7. The number of rotatable bonds is 17. The first-order valence-corrected chi connectivity index (χ1v) is 53.3. The van der Waals surface area contributed by atoms with Gasteiger partial charge in [-0.15, -0.1) is 0 Å². The maximum absolute atomic E-state index is 13.2. The molecule has 28 unspecified atom stereocenters. The second kappa shape index (κ2) is 24.3. The molecule has 20 aliphatic rings. The van der Waals surface area contributed by atoms with Gasteiger partial charge in [-0.05, 0) is 224 Å². The number of ether oxygens (including phenoxy) is 7. The van der Waals surface area contributed by atoms with Crippen molar-refractivity contribution in [3.05, 3.63) is 0 Å². The van der Waals surface area contributed by atoms with Gasteiger partial charge in [0.05, 0.1) is 0 Å². The fourth-order valence-electron chi connectivity index (χ4n) is 26.2. The summed E-state index contributed by atoms with van der Waals surface area (Å²) < 4.78 is 152. The lowest BCUT2D eigenvalue weighted by atomic mass is 9.97. The van der Waals surface area contributed by atoms with Crippen LogP contribution < -0.4 is 0 Å². The Balaban J connectivity index is 0.889. The Morgan fingerprint density at radius 3 is 0.525 bits per heavy atom. The number of hydrogen-bond donors (Lipinski definition) is 0. The highest BCUT2D eigenvalue weighted by atomic mass is 28.6. The fraction of sp³-hybridized carbons (Fsp3) is 0.896. The first-order chi connectivity index (χ1) is 48.2. The van der Waals surface area contributed by atoms with Gasteiger partial charge in [-0.3, -0.25) is 33.6 Å². The summed E-state index contributed by atoms with van der Waals surface area (Å²) in [5, 5.41) is 0. The van der Waals surface area contributed by atoms with Crippen molar-refractivity contribution in [2.24, 2.45) is 82.9 Å². The lowest BCUT2D eigenvalue weighted by Crippen LogP contribution is -2.91. The zero-order valence-electron chi connectivity index (χ0n) is 59.3. The van der Waals surface area contributed by atoms with E-state index in [4.69, 9.17) is 82.5 Å². The van der Waals surface area contributed by atoms with E-state index < -0.39 is 109 Å². The maximum atomic E-state index is 13.2. The molecule has 6 saturated heterocycles. The summed E-state index contributed by atoms with van der Waals surface area (Å²) >= 11 is 0. The quantitative estimate of drug-likeness (QED) is 0.0743. The van der Waals surface area contributed by atoms with E-state index in [9.17, 15) is 33.6 Å². The summed E-state index contributed by atoms with van der Waals surface area (Å²) in [6.45, 7) is 12.5. The van der Waals surface area contributed by atoms with E-state index >= 15 is 0 Å². The lowest BCUT2D eigenvalue weighted by molar-refractivity contribution is -0.149. The first kappa shape index (κ1) is 69.0. The molecule has 0 spiro atoms. The first-order valence-electron chi connectivity index (χ1n) is 38.8. The molecule has 0 N–H and O–H groups in total. The molecular formula is C67H100O26Si8. The molecule has 556 valence electrons. The Morgan fingerprint density at radius 2 is 0.396 bits per heavy atom. The van der Waals surface area contributed by atoms with Gasteiger partial charge in [-0.1, -0.05) is 13.3 Å². The molecule has 22 bridgehead atoms. The monoisotopic (exact) mass is 1540 g/mol. The van der Waals surface area contributed by atoms with Crippen LogP contribution in [0.1, 0.15) is 203 Å². The van der Waals surface area contributed by atoms with Gasteiger partial charge in [-0.2, -0.15) is 0 Å². The van der Waals surface area contributed by atoms with Crippen LogP contribution in [-0.2, 0) is 116 Å². The number of carbonyl (C=O) groups excluding carboxylic acids is 7. The normalized spacial score (nSPS) is 55.5. The predicted octanol–water partition coefficient (Wildman–Crippen LogP) is 9.69. The molecule has 0 radical (unpaired) electrons. The van der Waals surface area contributed by atoms with Gasteiger partial charge in [0.1, 0.15) is 42.7 Å². The number of fused-ring (bicyclic) bond motifs is 14. The van der Waals surface area contributed by atoms with Crippen LogP contribution in [0.2, 0.25) is 44.8 Å². The van der Waals surface area contributed by atoms with Gasteiger partial charge < -0.3 is 82.5 Å². The molecule has 0 aromatic carbocycles. The molecule has 20 rings (SSSR count). The Labute approximate surface area is 598 Å². The summed E-state index contributed by atoms with van der Waals surface area (Å²) in [7, 11) is -38.5. The second-order valence-corrected chi connectivity index (χ2v) is 60.4. The van der Waals surface area contributed by atoms with E-state index in [1.54, 1.807) is 0 Å². The molecule has 0 amide bonds. The largest absolute Gasteiger partial charge is 0.482 e. The van der Waals surface area contributed by atoms with Gasteiger partial charge in [0.25, 0.3) is 0 Å². The molecular weight excluding hydrogens is 1450 g/mol. The Hall–Kier alpha value is -2.45. The fourth-order valence-corrected chi connectivity index (χ4v) is 83.5. The van der Waals surface area contributed by atoms with Crippen LogP contribution in [0.5, 0.6) is 0 Å². The zero-order chi connectivity index (χ0) is 69.6. The van der Waals surface area contributed by atoms with Gasteiger partial charge in [0.15, 0.2) is 0 Å². The third-order valence-corrected chi connectivity index (χ3v) is 69.1.